The van der Waals surface area contributed by atoms with Crippen molar-refractivity contribution in [2.75, 3.05) is 21.1 Å². The van der Waals surface area contributed by atoms with Crippen molar-refractivity contribution in [2.45, 2.75) is 31.5 Å². The first-order valence-electron chi connectivity index (χ1n) is 14.6. The summed E-state index contributed by atoms with van der Waals surface area (Å²) in [6, 6.07) is 36.5. The number of fused-ring (bicyclic) bond motifs is 1. The van der Waals surface area contributed by atoms with E-state index in [0.717, 1.165) is 16.7 Å². The van der Waals surface area contributed by atoms with Crippen molar-refractivity contribution in [1.29, 1.82) is 0 Å². The Labute approximate surface area is 268 Å². The molecule has 0 aromatic heterocycles. The summed E-state index contributed by atoms with van der Waals surface area (Å²) < 4.78 is 35.3. The van der Waals surface area contributed by atoms with E-state index in [1.54, 1.807) is 35.2 Å². The molecule has 0 aliphatic carbocycles. The van der Waals surface area contributed by atoms with Crippen LogP contribution in [0.1, 0.15) is 40.1 Å². The van der Waals surface area contributed by atoms with Gasteiger partial charge in [-0.05, 0) is 80.1 Å². The highest BCUT2D eigenvalue weighted by molar-refractivity contribution is 7.92. The van der Waals surface area contributed by atoms with Crippen molar-refractivity contribution < 1.29 is 17.9 Å². The number of nitrogens with one attached hydrogen (secondary N) is 1. The maximum atomic E-state index is 14.6. The van der Waals surface area contributed by atoms with E-state index < -0.39 is 16.2 Å². The molecular formula is C36H32ClN3O4S. The minimum absolute atomic E-state index is 0.0248. The standard InChI is InChI=1S/C36H32ClN3O4S/c1-3-44-29-19-15-27(16-20-29)38-45(42,43)30-21-22-34-32(23-30)36(41)40(28-17-13-25(2)14-18-28)35(31-11-7-8-12-33(31)37)39(34)24-26-9-5-4-6-10-26/h4-23,35,38H,3,24H2,1-2H3/t35-/m1/s1. The Morgan fingerprint density at radius 2 is 1.53 bits per heavy atom. The van der Waals surface area contributed by atoms with Gasteiger partial charge in [0.25, 0.3) is 15.9 Å². The smallest absolute Gasteiger partial charge is 0.262 e. The van der Waals surface area contributed by atoms with E-state index >= 15 is 0 Å². The molecule has 0 radical (unpaired) electrons. The van der Waals surface area contributed by atoms with Crippen molar-refractivity contribution in [3.05, 3.63) is 149 Å². The molecule has 7 nitrogen and oxygen atoms in total. The molecule has 45 heavy (non-hydrogen) atoms. The minimum atomic E-state index is -4.03. The fourth-order valence-corrected chi connectivity index (χ4v) is 6.84. The maximum Gasteiger partial charge on any atom is 0.262 e. The van der Waals surface area contributed by atoms with Gasteiger partial charge < -0.3 is 9.64 Å². The van der Waals surface area contributed by atoms with E-state index in [4.69, 9.17) is 16.3 Å². The predicted molar refractivity (Wildman–Crippen MR) is 180 cm³/mol. The summed E-state index contributed by atoms with van der Waals surface area (Å²) in [7, 11) is -4.03. The monoisotopic (exact) mass is 637 g/mol. The van der Waals surface area contributed by atoms with Crippen LogP contribution in [-0.2, 0) is 16.6 Å². The molecule has 1 atom stereocenters. The molecule has 0 bridgehead atoms. The van der Waals surface area contributed by atoms with E-state index in [9.17, 15) is 13.2 Å². The van der Waals surface area contributed by atoms with Crippen LogP contribution in [0.25, 0.3) is 0 Å². The van der Waals surface area contributed by atoms with Gasteiger partial charge in [-0.15, -0.1) is 0 Å². The molecular weight excluding hydrogens is 606 g/mol. The first-order chi connectivity index (χ1) is 21.7. The fourth-order valence-electron chi connectivity index (χ4n) is 5.52. The van der Waals surface area contributed by atoms with Crippen molar-refractivity contribution >= 4 is 44.6 Å². The van der Waals surface area contributed by atoms with Crippen LogP contribution < -0.4 is 19.3 Å². The number of ether oxygens (including phenoxy) is 1. The van der Waals surface area contributed by atoms with Gasteiger partial charge in [0.2, 0.25) is 0 Å². The Balaban J connectivity index is 1.49. The van der Waals surface area contributed by atoms with E-state index in [-0.39, 0.29) is 16.4 Å². The van der Waals surface area contributed by atoms with Crippen molar-refractivity contribution in [1.82, 2.24) is 0 Å². The van der Waals surface area contributed by atoms with Gasteiger partial charge in [-0.1, -0.05) is 77.8 Å². The number of anilines is 3. The summed E-state index contributed by atoms with van der Waals surface area (Å²) in [6.45, 7) is 4.81. The molecule has 5 aromatic rings. The van der Waals surface area contributed by atoms with Crippen LogP contribution >= 0.6 is 11.6 Å². The number of hydrogen-bond donors (Lipinski definition) is 1. The lowest BCUT2D eigenvalue weighted by molar-refractivity contribution is 0.0968. The van der Waals surface area contributed by atoms with E-state index in [1.165, 1.54) is 12.1 Å². The highest BCUT2D eigenvalue weighted by Gasteiger charge is 2.41. The van der Waals surface area contributed by atoms with Crippen LogP contribution in [-0.4, -0.2) is 20.9 Å². The van der Waals surface area contributed by atoms with Crippen molar-refractivity contribution in [3.63, 3.8) is 0 Å². The summed E-state index contributed by atoms with van der Waals surface area (Å²) in [5.74, 6) is 0.309. The lowest BCUT2D eigenvalue weighted by Gasteiger charge is -2.46. The molecule has 228 valence electrons. The van der Waals surface area contributed by atoms with Crippen LogP contribution in [0.3, 0.4) is 0 Å². The molecule has 1 aliphatic rings. The van der Waals surface area contributed by atoms with Gasteiger partial charge in [0, 0.05) is 28.5 Å². The van der Waals surface area contributed by atoms with E-state index in [1.807, 2.05) is 92.7 Å². The zero-order valence-electron chi connectivity index (χ0n) is 24.9. The lowest BCUT2D eigenvalue weighted by atomic mass is 9.99. The predicted octanol–water partition coefficient (Wildman–Crippen LogP) is 8.21. The molecule has 1 amide bonds. The van der Waals surface area contributed by atoms with Gasteiger partial charge in [-0.25, -0.2) is 8.42 Å². The average Bonchev–Trinajstić information content (AvgIpc) is 3.04. The maximum absolute atomic E-state index is 14.6. The summed E-state index contributed by atoms with van der Waals surface area (Å²) in [5.41, 5.74) is 4.75. The van der Waals surface area contributed by atoms with Gasteiger partial charge in [0.15, 0.2) is 0 Å². The van der Waals surface area contributed by atoms with Gasteiger partial charge in [-0.2, -0.15) is 0 Å². The van der Waals surface area contributed by atoms with Crippen LogP contribution in [0, 0.1) is 6.92 Å². The van der Waals surface area contributed by atoms with Crippen LogP contribution in [0.5, 0.6) is 5.75 Å². The summed E-state index contributed by atoms with van der Waals surface area (Å²) in [5, 5.41) is 0.521. The SMILES string of the molecule is CCOc1ccc(NS(=O)(=O)c2ccc3c(c2)C(=O)N(c2ccc(C)cc2)[C@H](c2ccccc2Cl)N3Cc2ccccc2)cc1. The molecule has 1 heterocycles. The molecule has 0 saturated heterocycles. The second kappa shape index (κ2) is 12.7. The molecule has 1 aliphatic heterocycles. The topological polar surface area (TPSA) is 78.9 Å². The second-order valence-corrected chi connectivity index (χ2v) is 12.9. The Morgan fingerprint density at radius 3 is 2.22 bits per heavy atom. The number of rotatable bonds is 9. The molecule has 0 fully saturated rings. The molecule has 6 rings (SSSR count). The number of carbonyl (C=O) groups is 1. The molecule has 0 saturated carbocycles. The Kier molecular flexibility index (Phi) is 8.52. The van der Waals surface area contributed by atoms with Crippen molar-refractivity contribution in [2.24, 2.45) is 0 Å². The quantitative estimate of drug-likeness (QED) is 0.176. The zero-order chi connectivity index (χ0) is 31.6. The third-order valence-electron chi connectivity index (χ3n) is 7.69. The largest absolute Gasteiger partial charge is 0.494 e. The Hall–Kier alpha value is -4.79. The van der Waals surface area contributed by atoms with Crippen LogP contribution in [0.15, 0.2) is 126 Å². The highest BCUT2D eigenvalue weighted by atomic mass is 35.5. The minimum Gasteiger partial charge on any atom is -0.494 e. The molecule has 0 spiro atoms. The molecule has 0 unspecified atom stereocenters. The van der Waals surface area contributed by atoms with Crippen LogP contribution in [0.2, 0.25) is 5.02 Å². The van der Waals surface area contributed by atoms with Gasteiger partial charge in [0.05, 0.1) is 22.8 Å². The number of sulfonamides is 1. The highest BCUT2D eigenvalue weighted by Crippen LogP contribution is 2.44. The summed E-state index contributed by atoms with van der Waals surface area (Å²) in [6.07, 6.45) is -0.606. The zero-order valence-corrected chi connectivity index (χ0v) is 26.4. The normalized spacial score (nSPS) is 14.6. The fraction of sp³-hybridized carbons (Fsp3) is 0.139. The number of aryl methyl sites for hydroxylation is 1. The Morgan fingerprint density at radius 1 is 0.844 bits per heavy atom. The van der Waals surface area contributed by atoms with Gasteiger partial charge >= 0.3 is 0 Å². The lowest BCUT2D eigenvalue weighted by Crippen LogP contribution is -2.49. The summed E-state index contributed by atoms with van der Waals surface area (Å²) in [4.78, 5) is 18.3. The Bertz CT molecular complexity index is 1930. The molecule has 9 heteroatoms. The van der Waals surface area contributed by atoms with Crippen molar-refractivity contribution in [3.8, 4) is 5.75 Å². The van der Waals surface area contributed by atoms with E-state index in [0.29, 0.717) is 41.0 Å². The second-order valence-electron chi connectivity index (χ2n) is 10.8. The first-order valence-corrected chi connectivity index (χ1v) is 16.5. The van der Waals surface area contributed by atoms with Gasteiger partial charge in [-0.3, -0.25) is 14.4 Å². The third-order valence-corrected chi connectivity index (χ3v) is 9.41. The number of benzene rings is 5. The van der Waals surface area contributed by atoms with Crippen LogP contribution in [0.4, 0.5) is 17.1 Å². The molecule has 5 aromatic carbocycles. The third kappa shape index (κ3) is 6.25. The number of amides is 1. The number of carbonyl (C=O) groups excluding carboxylic acids is 1. The molecule has 1 N–H and O–H groups in total. The number of hydrogen-bond acceptors (Lipinski definition) is 5. The number of halogens is 1. The summed E-state index contributed by atoms with van der Waals surface area (Å²) >= 11 is 6.81. The first kappa shape index (κ1) is 30.2. The number of nitrogens with zero attached hydrogens (tertiary/aromatic N) is 2. The van der Waals surface area contributed by atoms with E-state index in [2.05, 4.69) is 9.62 Å². The van der Waals surface area contributed by atoms with Gasteiger partial charge in [0.1, 0.15) is 11.9 Å². The average molecular weight is 638 g/mol.